The van der Waals surface area contributed by atoms with E-state index in [1.165, 1.54) is 0 Å². The van der Waals surface area contributed by atoms with E-state index in [1.807, 2.05) is 39.0 Å². The topological polar surface area (TPSA) is 55.1 Å². The third-order valence-corrected chi connectivity index (χ3v) is 2.77. The van der Waals surface area contributed by atoms with Crippen LogP contribution in [0.25, 0.3) is 0 Å². The fourth-order valence-electron chi connectivity index (χ4n) is 1.52. The van der Waals surface area contributed by atoms with Crippen molar-refractivity contribution in [2.24, 2.45) is 11.7 Å². The molecule has 1 aromatic rings. The summed E-state index contributed by atoms with van der Waals surface area (Å²) in [5, 5.41) is 2.90. The Kier molecular flexibility index (Phi) is 4.63. The molecule has 17 heavy (non-hydrogen) atoms. The summed E-state index contributed by atoms with van der Waals surface area (Å²) in [7, 11) is 0. The van der Waals surface area contributed by atoms with Crippen LogP contribution in [0.5, 0.6) is 0 Å². The molecule has 0 radical (unpaired) electrons. The van der Waals surface area contributed by atoms with Gasteiger partial charge in [0.25, 0.3) is 0 Å². The lowest BCUT2D eigenvalue weighted by Crippen LogP contribution is -2.25. The summed E-state index contributed by atoms with van der Waals surface area (Å²) in [5.41, 5.74) is 8.45. The van der Waals surface area contributed by atoms with Gasteiger partial charge in [0.2, 0.25) is 5.91 Å². The van der Waals surface area contributed by atoms with Gasteiger partial charge < -0.3 is 11.1 Å². The molecule has 3 N–H and O–H groups in total. The second-order valence-corrected chi connectivity index (χ2v) is 4.90. The van der Waals surface area contributed by atoms with Crippen LogP contribution >= 0.6 is 12.2 Å². The summed E-state index contributed by atoms with van der Waals surface area (Å²) >= 11 is 4.80. The van der Waals surface area contributed by atoms with Crippen LogP contribution in [0.15, 0.2) is 18.2 Å². The van der Waals surface area contributed by atoms with Crippen molar-refractivity contribution in [2.45, 2.75) is 27.2 Å². The molecule has 0 fully saturated rings. The molecule has 1 unspecified atom stereocenters. The minimum atomic E-state index is -0.201. The maximum Gasteiger partial charge on any atom is 0.227 e. The Morgan fingerprint density at radius 3 is 2.71 bits per heavy atom. The van der Waals surface area contributed by atoms with Crippen molar-refractivity contribution >= 4 is 28.8 Å². The van der Waals surface area contributed by atoms with Crippen LogP contribution in [0.3, 0.4) is 0 Å². The first-order valence-corrected chi connectivity index (χ1v) is 5.97. The average molecular weight is 250 g/mol. The highest BCUT2D eigenvalue weighted by atomic mass is 32.1. The van der Waals surface area contributed by atoms with Gasteiger partial charge in [0.15, 0.2) is 0 Å². The Balaban J connectivity index is 2.73. The van der Waals surface area contributed by atoms with E-state index in [1.54, 1.807) is 0 Å². The highest BCUT2D eigenvalue weighted by Crippen LogP contribution is 2.17. The number of nitrogens with two attached hydrogens (primary N) is 1. The quantitative estimate of drug-likeness (QED) is 0.807. The maximum absolute atomic E-state index is 11.9. The van der Waals surface area contributed by atoms with Crippen molar-refractivity contribution in [3.8, 4) is 0 Å². The monoisotopic (exact) mass is 250 g/mol. The summed E-state index contributed by atoms with van der Waals surface area (Å²) in [5.74, 6) is -0.251. The van der Waals surface area contributed by atoms with E-state index >= 15 is 0 Å². The van der Waals surface area contributed by atoms with Gasteiger partial charge in [-0.15, -0.1) is 0 Å². The second kappa shape index (κ2) is 5.77. The van der Waals surface area contributed by atoms with E-state index in [-0.39, 0.29) is 11.8 Å². The standard InChI is InChI=1S/C13H18N2OS/c1-8-4-5-9(2)11(6-8)15-13(16)10(3)7-12(14)17/h4-6,10H,7H2,1-3H3,(H2,14,17)(H,15,16). The SMILES string of the molecule is Cc1ccc(C)c(NC(=O)C(C)CC(N)=S)c1. The van der Waals surface area contributed by atoms with Crippen molar-refractivity contribution in [3.05, 3.63) is 29.3 Å². The van der Waals surface area contributed by atoms with Gasteiger partial charge in [-0.1, -0.05) is 31.3 Å². The molecule has 0 bridgehead atoms. The zero-order valence-electron chi connectivity index (χ0n) is 10.4. The second-order valence-electron chi connectivity index (χ2n) is 4.38. The van der Waals surface area contributed by atoms with Gasteiger partial charge in [0, 0.05) is 18.0 Å². The Labute approximate surface area is 107 Å². The van der Waals surface area contributed by atoms with Crippen molar-refractivity contribution in [1.29, 1.82) is 0 Å². The van der Waals surface area contributed by atoms with Crippen LogP contribution in [-0.2, 0) is 4.79 Å². The number of anilines is 1. The average Bonchev–Trinajstić information content (AvgIpc) is 2.22. The largest absolute Gasteiger partial charge is 0.393 e. The third-order valence-electron chi connectivity index (χ3n) is 2.61. The molecule has 0 saturated heterocycles. The van der Waals surface area contributed by atoms with Gasteiger partial charge in [-0.05, 0) is 31.0 Å². The molecule has 1 atom stereocenters. The smallest absolute Gasteiger partial charge is 0.227 e. The minimum absolute atomic E-state index is 0.0495. The van der Waals surface area contributed by atoms with E-state index in [0.717, 1.165) is 16.8 Å². The van der Waals surface area contributed by atoms with E-state index in [0.29, 0.717) is 11.4 Å². The molecule has 0 aromatic heterocycles. The first-order chi connectivity index (χ1) is 7.90. The molecule has 1 rings (SSSR count). The number of rotatable bonds is 4. The number of thiocarbonyl (C=S) groups is 1. The Hall–Kier alpha value is -1.42. The van der Waals surface area contributed by atoms with Gasteiger partial charge in [-0.3, -0.25) is 4.79 Å². The molecular formula is C13H18N2OS. The van der Waals surface area contributed by atoms with E-state index in [2.05, 4.69) is 5.32 Å². The van der Waals surface area contributed by atoms with Gasteiger partial charge >= 0.3 is 0 Å². The van der Waals surface area contributed by atoms with Crippen molar-refractivity contribution in [3.63, 3.8) is 0 Å². The van der Waals surface area contributed by atoms with Crippen LogP contribution in [0, 0.1) is 19.8 Å². The Morgan fingerprint density at radius 2 is 2.12 bits per heavy atom. The Morgan fingerprint density at radius 1 is 1.47 bits per heavy atom. The van der Waals surface area contributed by atoms with Crippen molar-refractivity contribution < 1.29 is 4.79 Å². The highest BCUT2D eigenvalue weighted by molar-refractivity contribution is 7.80. The van der Waals surface area contributed by atoms with Gasteiger partial charge in [-0.25, -0.2) is 0 Å². The number of nitrogens with one attached hydrogen (secondary N) is 1. The summed E-state index contributed by atoms with van der Waals surface area (Å²) < 4.78 is 0. The van der Waals surface area contributed by atoms with Crippen LogP contribution in [0.2, 0.25) is 0 Å². The molecule has 1 aromatic carbocycles. The lowest BCUT2D eigenvalue weighted by Gasteiger charge is -2.13. The lowest BCUT2D eigenvalue weighted by molar-refractivity contribution is -0.119. The zero-order chi connectivity index (χ0) is 13.0. The third kappa shape index (κ3) is 4.15. The molecule has 0 saturated carbocycles. The predicted molar refractivity (Wildman–Crippen MR) is 75.1 cm³/mol. The summed E-state index contributed by atoms with van der Waals surface area (Å²) in [4.78, 5) is 12.3. The molecule has 3 nitrogen and oxygen atoms in total. The van der Waals surface area contributed by atoms with E-state index < -0.39 is 0 Å². The maximum atomic E-state index is 11.9. The summed E-state index contributed by atoms with van der Waals surface area (Å²) in [6.45, 7) is 5.78. The molecule has 0 aliphatic carbocycles. The number of amides is 1. The fraction of sp³-hybridized carbons (Fsp3) is 0.385. The van der Waals surface area contributed by atoms with E-state index in [9.17, 15) is 4.79 Å². The molecule has 0 heterocycles. The first kappa shape index (κ1) is 13.6. The zero-order valence-corrected chi connectivity index (χ0v) is 11.2. The summed E-state index contributed by atoms with van der Waals surface area (Å²) in [6, 6.07) is 5.97. The highest BCUT2D eigenvalue weighted by Gasteiger charge is 2.14. The lowest BCUT2D eigenvalue weighted by atomic mass is 10.1. The van der Waals surface area contributed by atoms with E-state index in [4.69, 9.17) is 18.0 Å². The molecular weight excluding hydrogens is 232 g/mol. The van der Waals surface area contributed by atoms with Crippen molar-refractivity contribution in [1.82, 2.24) is 0 Å². The number of aryl methyl sites for hydroxylation is 2. The molecule has 92 valence electrons. The Bertz CT molecular complexity index is 443. The summed E-state index contributed by atoms with van der Waals surface area (Å²) in [6.07, 6.45) is 0.437. The van der Waals surface area contributed by atoms with Crippen LogP contribution in [0.1, 0.15) is 24.5 Å². The number of carbonyl (C=O) groups excluding carboxylic acids is 1. The van der Waals surface area contributed by atoms with Gasteiger partial charge in [-0.2, -0.15) is 0 Å². The predicted octanol–water partition coefficient (Wildman–Crippen LogP) is 2.55. The van der Waals surface area contributed by atoms with Crippen LogP contribution in [0.4, 0.5) is 5.69 Å². The molecule has 0 aliphatic heterocycles. The van der Waals surface area contributed by atoms with Crippen LogP contribution in [-0.4, -0.2) is 10.9 Å². The molecule has 0 aliphatic rings. The number of carbonyl (C=O) groups is 1. The number of benzene rings is 1. The fourth-order valence-corrected chi connectivity index (χ4v) is 1.77. The first-order valence-electron chi connectivity index (χ1n) is 5.56. The normalized spacial score (nSPS) is 11.9. The molecule has 0 spiro atoms. The molecule has 4 heteroatoms. The molecule has 1 amide bonds. The van der Waals surface area contributed by atoms with Crippen molar-refractivity contribution in [2.75, 3.05) is 5.32 Å². The number of hydrogen-bond acceptors (Lipinski definition) is 2. The van der Waals surface area contributed by atoms with Gasteiger partial charge in [0.1, 0.15) is 0 Å². The minimum Gasteiger partial charge on any atom is -0.393 e. The van der Waals surface area contributed by atoms with Crippen LogP contribution < -0.4 is 11.1 Å². The number of hydrogen-bond donors (Lipinski definition) is 2. The van der Waals surface area contributed by atoms with Gasteiger partial charge in [0.05, 0.1) is 4.99 Å².